The Labute approximate surface area is 182 Å². The standard InChI is InChI=1S/C24H28FN5O/c1-16-22(17(2)29(3)28-16)15-30-11-9-21(10-12-30)27-24(31)19-7-8-23(26-14-19)18-5-4-6-20(25)13-18/h4-8,13-14,21H,9-12,15H2,1-3H3,(H,27,31). The quantitative estimate of drug-likeness (QED) is 0.683. The predicted molar refractivity (Wildman–Crippen MR) is 118 cm³/mol. The Balaban J connectivity index is 1.31. The van der Waals surface area contributed by atoms with Crippen LogP contribution in [-0.4, -0.2) is 44.7 Å². The number of pyridine rings is 1. The number of hydrogen-bond donors (Lipinski definition) is 1. The van der Waals surface area contributed by atoms with Gasteiger partial charge in [-0.2, -0.15) is 5.10 Å². The SMILES string of the molecule is Cc1nn(C)c(C)c1CN1CCC(NC(=O)c2ccc(-c3cccc(F)c3)nc2)CC1. The minimum atomic E-state index is -0.304. The summed E-state index contributed by atoms with van der Waals surface area (Å²) in [6.45, 7) is 6.95. The lowest BCUT2D eigenvalue weighted by Gasteiger charge is -2.32. The summed E-state index contributed by atoms with van der Waals surface area (Å²) in [6.07, 6.45) is 3.39. The highest BCUT2D eigenvalue weighted by molar-refractivity contribution is 5.94. The zero-order valence-electron chi connectivity index (χ0n) is 18.2. The van der Waals surface area contributed by atoms with Crippen LogP contribution in [0.25, 0.3) is 11.3 Å². The van der Waals surface area contributed by atoms with Gasteiger partial charge >= 0.3 is 0 Å². The molecule has 1 aliphatic heterocycles. The van der Waals surface area contributed by atoms with E-state index in [0.29, 0.717) is 16.8 Å². The number of likely N-dealkylation sites (tertiary alicyclic amines) is 1. The topological polar surface area (TPSA) is 63.1 Å². The maximum atomic E-state index is 13.4. The van der Waals surface area contributed by atoms with Gasteiger partial charge in [0.25, 0.3) is 5.91 Å². The Kier molecular flexibility index (Phi) is 6.13. The van der Waals surface area contributed by atoms with E-state index in [1.807, 2.05) is 11.7 Å². The van der Waals surface area contributed by atoms with Crippen LogP contribution in [0.3, 0.4) is 0 Å². The molecule has 0 unspecified atom stereocenters. The molecule has 0 bridgehead atoms. The minimum absolute atomic E-state index is 0.115. The van der Waals surface area contributed by atoms with Crippen LogP contribution >= 0.6 is 0 Å². The molecule has 0 aliphatic carbocycles. The monoisotopic (exact) mass is 421 g/mol. The number of aromatic nitrogens is 3. The van der Waals surface area contributed by atoms with Crippen molar-refractivity contribution in [1.29, 1.82) is 0 Å². The summed E-state index contributed by atoms with van der Waals surface area (Å²) in [5, 5.41) is 7.63. The van der Waals surface area contributed by atoms with Crippen molar-refractivity contribution in [2.75, 3.05) is 13.1 Å². The van der Waals surface area contributed by atoms with Gasteiger partial charge in [-0.25, -0.2) is 4.39 Å². The number of carbonyl (C=O) groups is 1. The van der Waals surface area contributed by atoms with Crippen LogP contribution < -0.4 is 5.32 Å². The molecule has 31 heavy (non-hydrogen) atoms. The molecule has 0 radical (unpaired) electrons. The highest BCUT2D eigenvalue weighted by atomic mass is 19.1. The molecule has 1 amide bonds. The first kappa shape index (κ1) is 21.2. The highest BCUT2D eigenvalue weighted by Gasteiger charge is 2.23. The maximum Gasteiger partial charge on any atom is 0.253 e. The maximum absolute atomic E-state index is 13.4. The average molecular weight is 422 g/mol. The van der Waals surface area contributed by atoms with Crippen molar-refractivity contribution in [2.24, 2.45) is 7.05 Å². The number of hydrogen-bond acceptors (Lipinski definition) is 4. The van der Waals surface area contributed by atoms with E-state index in [-0.39, 0.29) is 17.8 Å². The third kappa shape index (κ3) is 4.82. The van der Waals surface area contributed by atoms with E-state index < -0.39 is 0 Å². The van der Waals surface area contributed by atoms with Gasteiger partial charge in [-0.15, -0.1) is 0 Å². The lowest BCUT2D eigenvalue weighted by Crippen LogP contribution is -2.44. The smallest absolute Gasteiger partial charge is 0.253 e. The van der Waals surface area contributed by atoms with Crippen molar-refractivity contribution in [3.63, 3.8) is 0 Å². The summed E-state index contributed by atoms with van der Waals surface area (Å²) in [7, 11) is 1.98. The second kappa shape index (κ2) is 8.98. The van der Waals surface area contributed by atoms with Crippen molar-refractivity contribution in [3.8, 4) is 11.3 Å². The normalized spacial score (nSPS) is 15.2. The van der Waals surface area contributed by atoms with Gasteiger partial charge in [-0.1, -0.05) is 12.1 Å². The Morgan fingerprint density at radius 3 is 2.58 bits per heavy atom. The van der Waals surface area contributed by atoms with Crippen LogP contribution in [0, 0.1) is 19.7 Å². The molecular formula is C24H28FN5O. The molecule has 1 fully saturated rings. The summed E-state index contributed by atoms with van der Waals surface area (Å²) >= 11 is 0. The predicted octanol–water partition coefficient (Wildman–Crippen LogP) is 3.63. The largest absolute Gasteiger partial charge is 0.349 e. The summed E-state index contributed by atoms with van der Waals surface area (Å²) in [4.78, 5) is 19.4. The lowest BCUT2D eigenvalue weighted by molar-refractivity contribution is 0.0908. The fourth-order valence-corrected chi connectivity index (χ4v) is 4.12. The van der Waals surface area contributed by atoms with E-state index in [1.54, 1.807) is 30.5 Å². The zero-order chi connectivity index (χ0) is 22.0. The number of aryl methyl sites for hydroxylation is 2. The molecule has 7 heteroatoms. The highest BCUT2D eigenvalue weighted by Crippen LogP contribution is 2.20. The fraction of sp³-hybridized carbons (Fsp3) is 0.375. The number of amides is 1. The molecule has 2 aromatic heterocycles. The third-order valence-corrected chi connectivity index (χ3v) is 6.11. The van der Waals surface area contributed by atoms with Crippen molar-refractivity contribution < 1.29 is 9.18 Å². The van der Waals surface area contributed by atoms with E-state index in [2.05, 4.69) is 34.1 Å². The average Bonchev–Trinajstić information content (AvgIpc) is 3.01. The van der Waals surface area contributed by atoms with Crippen molar-refractivity contribution in [2.45, 2.75) is 39.3 Å². The number of carbonyl (C=O) groups excluding carboxylic acids is 1. The van der Waals surface area contributed by atoms with Crippen molar-refractivity contribution in [1.82, 2.24) is 25.0 Å². The molecule has 0 saturated carbocycles. The molecule has 0 spiro atoms. The van der Waals surface area contributed by atoms with Crippen LogP contribution in [0.4, 0.5) is 4.39 Å². The Bertz CT molecular complexity index is 1070. The van der Waals surface area contributed by atoms with E-state index in [4.69, 9.17) is 0 Å². The van der Waals surface area contributed by atoms with E-state index >= 15 is 0 Å². The van der Waals surface area contributed by atoms with Crippen LogP contribution in [0.5, 0.6) is 0 Å². The molecule has 1 aromatic carbocycles. The third-order valence-electron chi connectivity index (χ3n) is 6.11. The van der Waals surface area contributed by atoms with Crippen LogP contribution in [0.15, 0.2) is 42.6 Å². The number of nitrogens with zero attached hydrogens (tertiary/aromatic N) is 4. The first-order valence-electron chi connectivity index (χ1n) is 10.6. The number of rotatable bonds is 5. The van der Waals surface area contributed by atoms with Crippen LogP contribution in [0.2, 0.25) is 0 Å². The Morgan fingerprint density at radius 2 is 1.97 bits per heavy atom. The molecular weight excluding hydrogens is 393 g/mol. The van der Waals surface area contributed by atoms with Gasteiger partial charge in [-0.05, 0) is 51.0 Å². The number of halogens is 1. The van der Waals surface area contributed by atoms with Crippen molar-refractivity contribution >= 4 is 5.91 Å². The lowest BCUT2D eigenvalue weighted by atomic mass is 10.0. The fourth-order valence-electron chi connectivity index (χ4n) is 4.12. The van der Waals surface area contributed by atoms with Crippen LogP contribution in [-0.2, 0) is 13.6 Å². The second-order valence-electron chi connectivity index (χ2n) is 8.24. The van der Waals surface area contributed by atoms with E-state index in [1.165, 1.54) is 23.4 Å². The first-order chi connectivity index (χ1) is 14.9. The van der Waals surface area contributed by atoms with Gasteiger partial charge in [0, 0.05) is 55.7 Å². The second-order valence-corrected chi connectivity index (χ2v) is 8.24. The van der Waals surface area contributed by atoms with Gasteiger partial charge in [0.2, 0.25) is 0 Å². The Morgan fingerprint density at radius 1 is 1.19 bits per heavy atom. The van der Waals surface area contributed by atoms with E-state index in [0.717, 1.165) is 38.2 Å². The summed E-state index contributed by atoms with van der Waals surface area (Å²) in [5.74, 6) is -0.419. The van der Waals surface area contributed by atoms with Crippen LogP contribution in [0.1, 0.15) is 40.2 Å². The zero-order valence-corrected chi connectivity index (χ0v) is 18.2. The number of benzene rings is 1. The molecule has 3 aromatic rings. The molecule has 1 N–H and O–H groups in total. The van der Waals surface area contributed by atoms with Gasteiger partial charge in [-0.3, -0.25) is 19.4 Å². The van der Waals surface area contributed by atoms with Gasteiger partial charge in [0.1, 0.15) is 5.82 Å². The molecule has 1 saturated heterocycles. The first-order valence-corrected chi connectivity index (χ1v) is 10.6. The molecule has 1 aliphatic rings. The molecule has 162 valence electrons. The minimum Gasteiger partial charge on any atom is -0.349 e. The summed E-state index contributed by atoms with van der Waals surface area (Å²) in [6, 6.07) is 9.93. The van der Waals surface area contributed by atoms with E-state index in [9.17, 15) is 9.18 Å². The van der Waals surface area contributed by atoms with Gasteiger partial charge in [0.15, 0.2) is 0 Å². The number of nitrogens with one attached hydrogen (secondary N) is 1. The van der Waals surface area contributed by atoms with Crippen molar-refractivity contribution in [3.05, 3.63) is 70.9 Å². The molecule has 0 atom stereocenters. The molecule has 3 heterocycles. The number of piperidine rings is 1. The van der Waals surface area contributed by atoms with Gasteiger partial charge in [0.05, 0.1) is 17.0 Å². The van der Waals surface area contributed by atoms with Gasteiger partial charge < -0.3 is 5.32 Å². The summed E-state index contributed by atoms with van der Waals surface area (Å²) in [5.41, 5.74) is 5.45. The molecule has 4 rings (SSSR count). The summed E-state index contributed by atoms with van der Waals surface area (Å²) < 4.78 is 15.3. The Hall–Kier alpha value is -3.06. The molecule has 6 nitrogen and oxygen atoms in total.